The zero-order valence-electron chi connectivity index (χ0n) is 12.7. The molecule has 0 aliphatic heterocycles. The highest BCUT2D eigenvalue weighted by molar-refractivity contribution is 6.10. The van der Waals surface area contributed by atoms with Crippen molar-refractivity contribution in [1.82, 2.24) is 0 Å². The summed E-state index contributed by atoms with van der Waals surface area (Å²) in [5, 5.41) is 8.23. The molecular weight excluding hydrogens is 280 g/mol. The van der Waals surface area contributed by atoms with E-state index in [0.29, 0.717) is 11.4 Å². The number of nitrogens with two attached hydrogens (primary N) is 1. The molecule has 112 valence electrons. The number of hydrogen-bond donors (Lipinski definition) is 2. The van der Waals surface area contributed by atoms with Gasteiger partial charge in [-0.05, 0) is 28.3 Å². The van der Waals surface area contributed by atoms with E-state index in [0.717, 1.165) is 16.7 Å². The third kappa shape index (κ3) is 3.55. The molecule has 0 amide bonds. The Morgan fingerprint density at radius 1 is 0.652 bits per heavy atom. The molecule has 0 aliphatic carbocycles. The van der Waals surface area contributed by atoms with E-state index in [9.17, 15) is 0 Å². The van der Waals surface area contributed by atoms with Crippen molar-refractivity contribution in [3.8, 4) is 11.1 Å². The number of rotatable bonds is 4. The van der Waals surface area contributed by atoms with Crippen LogP contribution >= 0.6 is 0 Å². The molecule has 3 aromatic rings. The molecule has 0 spiro atoms. The fourth-order valence-corrected chi connectivity index (χ4v) is 2.43. The summed E-state index contributed by atoms with van der Waals surface area (Å²) in [6.07, 6.45) is 1.70. The van der Waals surface area contributed by atoms with Crippen LogP contribution in [0.2, 0.25) is 0 Å². The molecule has 0 saturated heterocycles. The van der Waals surface area contributed by atoms with E-state index in [1.807, 2.05) is 72.8 Å². The first-order valence-electron chi connectivity index (χ1n) is 7.51. The molecule has 23 heavy (non-hydrogen) atoms. The van der Waals surface area contributed by atoms with Crippen LogP contribution < -0.4 is 5.73 Å². The zero-order chi connectivity index (χ0) is 16.1. The van der Waals surface area contributed by atoms with Crippen molar-refractivity contribution in [3.63, 3.8) is 0 Å². The topological polar surface area (TPSA) is 49.9 Å². The lowest BCUT2D eigenvalue weighted by atomic mass is 10.0. The monoisotopic (exact) mass is 298 g/mol. The predicted molar refractivity (Wildman–Crippen MR) is 97.3 cm³/mol. The van der Waals surface area contributed by atoms with Gasteiger partial charge in [-0.1, -0.05) is 84.9 Å². The quantitative estimate of drug-likeness (QED) is 0.673. The highest BCUT2D eigenvalue weighted by Gasteiger charge is 2.03. The fourth-order valence-electron chi connectivity index (χ4n) is 2.43. The Kier molecular flexibility index (Phi) is 4.34. The van der Waals surface area contributed by atoms with Crippen LogP contribution in [0.15, 0.2) is 91.0 Å². The second-order valence-electron chi connectivity index (χ2n) is 5.32. The first kappa shape index (κ1) is 14.8. The highest BCUT2D eigenvalue weighted by Crippen LogP contribution is 2.20. The minimum absolute atomic E-state index is 0.408. The molecule has 2 nitrogen and oxygen atoms in total. The minimum atomic E-state index is 0.408. The van der Waals surface area contributed by atoms with Gasteiger partial charge in [0.25, 0.3) is 0 Å². The van der Waals surface area contributed by atoms with Crippen LogP contribution in [0.5, 0.6) is 0 Å². The van der Waals surface area contributed by atoms with Gasteiger partial charge >= 0.3 is 0 Å². The van der Waals surface area contributed by atoms with Crippen molar-refractivity contribution in [2.24, 2.45) is 5.73 Å². The molecule has 2 heteroatoms. The van der Waals surface area contributed by atoms with Crippen LogP contribution in [0.1, 0.15) is 11.1 Å². The Hall–Kier alpha value is -3.13. The molecule has 3 aromatic carbocycles. The minimum Gasteiger partial charge on any atom is -0.398 e. The summed E-state index contributed by atoms with van der Waals surface area (Å²) in [4.78, 5) is 0. The highest BCUT2D eigenvalue weighted by atomic mass is 14.6. The van der Waals surface area contributed by atoms with Crippen LogP contribution in [0.3, 0.4) is 0 Å². The van der Waals surface area contributed by atoms with E-state index in [1.165, 1.54) is 5.56 Å². The van der Waals surface area contributed by atoms with E-state index in [1.54, 1.807) is 6.08 Å². The first-order valence-corrected chi connectivity index (χ1v) is 7.51. The Morgan fingerprint density at radius 3 is 1.78 bits per heavy atom. The molecule has 0 atom stereocenters. The molecule has 3 rings (SSSR count). The van der Waals surface area contributed by atoms with E-state index in [2.05, 4.69) is 12.1 Å². The summed E-state index contributed by atoms with van der Waals surface area (Å²) >= 11 is 0. The molecule has 0 radical (unpaired) electrons. The molecular formula is C21H18N2. The van der Waals surface area contributed by atoms with Crippen LogP contribution in [0, 0.1) is 5.41 Å². The predicted octanol–water partition coefficient (Wildman–Crippen LogP) is 4.72. The van der Waals surface area contributed by atoms with Gasteiger partial charge in [-0.2, -0.15) is 0 Å². The fraction of sp³-hybridized carbons (Fsp3) is 0. The van der Waals surface area contributed by atoms with Gasteiger partial charge in [-0.15, -0.1) is 0 Å². The van der Waals surface area contributed by atoms with E-state index < -0.39 is 0 Å². The van der Waals surface area contributed by atoms with Crippen molar-refractivity contribution < 1.29 is 0 Å². The van der Waals surface area contributed by atoms with Crippen LogP contribution in [-0.4, -0.2) is 5.71 Å². The second-order valence-corrected chi connectivity index (χ2v) is 5.32. The van der Waals surface area contributed by atoms with Crippen molar-refractivity contribution in [2.75, 3.05) is 0 Å². The average Bonchev–Trinajstić information content (AvgIpc) is 2.63. The van der Waals surface area contributed by atoms with Gasteiger partial charge in [0.2, 0.25) is 0 Å². The lowest BCUT2D eigenvalue weighted by molar-refractivity contribution is 1.47. The lowest BCUT2D eigenvalue weighted by Gasteiger charge is -2.05. The standard InChI is InChI=1S/C21H18N2/c22-20(18-9-5-2-6-10-18)15-21(23)19-13-11-17(12-14-19)16-7-3-1-4-8-16/h1-15,23H,22H2/b20-15-,23-21?. The molecule has 0 heterocycles. The summed E-state index contributed by atoms with van der Waals surface area (Å²) in [5.41, 5.74) is 11.2. The summed E-state index contributed by atoms with van der Waals surface area (Å²) in [6.45, 7) is 0. The van der Waals surface area contributed by atoms with Gasteiger partial charge < -0.3 is 11.1 Å². The zero-order valence-corrected chi connectivity index (χ0v) is 12.7. The Balaban J connectivity index is 1.81. The molecule has 0 unspecified atom stereocenters. The molecule has 3 N–H and O–H groups in total. The summed E-state index contributed by atoms with van der Waals surface area (Å²) in [7, 11) is 0. The molecule has 0 bridgehead atoms. The van der Waals surface area contributed by atoms with Crippen LogP contribution in [0.4, 0.5) is 0 Å². The van der Waals surface area contributed by atoms with Crippen LogP contribution in [-0.2, 0) is 0 Å². The number of benzene rings is 3. The van der Waals surface area contributed by atoms with Gasteiger partial charge in [-0.3, -0.25) is 0 Å². The normalized spacial score (nSPS) is 11.2. The number of hydrogen-bond acceptors (Lipinski definition) is 2. The number of allylic oxidation sites excluding steroid dienone is 1. The summed E-state index contributed by atoms with van der Waals surface area (Å²) in [5.74, 6) is 0. The maximum absolute atomic E-state index is 8.23. The van der Waals surface area contributed by atoms with E-state index in [4.69, 9.17) is 11.1 Å². The third-order valence-corrected chi connectivity index (χ3v) is 3.71. The lowest BCUT2D eigenvalue weighted by Crippen LogP contribution is -2.02. The largest absolute Gasteiger partial charge is 0.398 e. The van der Waals surface area contributed by atoms with E-state index in [-0.39, 0.29) is 0 Å². The molecule has 0 aliphatic rings. The van der Waals surface area contributed by atoms with Crippen molar-refractivity contribution in [3.05, 3.63) is 102 Å². The van der Waals surface area contributed by atoms with Gasteiger partial charge in [-0.25, -0.2) is 0 Å². The molecule has 0 aromatic heterocycles. The van der Waals surface area contributed by atoms with Crippen LogP contribution in [0.25, 0.3) is 16.8 Å². The second kappa shape index (κ2) is 6.75. The Bertz CT molecular complexity index is 817. The average molecular weight is 298 g/mol. The SMILES string of the molecule is N=C(/C=C(\N)c1ccccc1)c1ccc(-c2ccccc2)cc1. The summed E-state index contributed by atoms with van der Waals surface area (Å²) in [6, 6.07) is 27.9. The molecule has 0 saturated carbocycles. The Morgan fingerprint density at radius 2 is 1.17 bits per heavy atom. The first-order chi connectivity index (χ1) is 11.2. The number of nitrogens with one attached hydrogen (secondary N) is 1. The van der Waals surface area contributed by atoms with Gasteiger partial charge in [0.1, 0.15) is 0 Å². The van der Waals surface area contributed by atoms with Crippen molar-refractivity contribution >= 4 is 11.4 Å². The van der Waals surface area contributed by atoms with Gasteiger partial charge in [0.05, 0.1) is 5.71 Å². The Labute approximate surface area is 136 Å². The van der Waals surface area contributed by atoms with Gasteiger partial charge in [0.15, 0.2) is 0 Å². The van der Waals surface area contributed by atoms with Crippen molar-refractivity contribution in [1.29, 1.82) is 5.41 Å². The smallest absolute Gasteiger partial charge is 0.0632 e. The molecule has 0 fully saturated rings. The maximum atomic E-state index is 8.23. The van der Waals surface area contributed by atoms with Gasteiger partial charge in [0, 0.05) is 5.70 Å². The van der Waals surface area contributed by atoms with E-state index >= 15 is 0 Å². The third-order valence-electron chi connectivity index (χ3n) is 3.71. The van der Waals surface area contributed by atoms with Crippen molar-refractivity contribution in [2.45, 2.75) is 0 Å². The summed E-state index contributed by atoms with van der Waals surface area (Å²) < 4.78 is 0. The maximum Gasteiger partial charge on any atom is 0.0632 e.